The lowest BCUT2D eigenvalue weighted by molar-refractivity contribution is 0.303. The molecule has 1 fully saturated rings. The number of hydrogen-bond acceptors (Lipinski definition) is 3. The average molecular weight is 310 g/mol. The molecule has 3 N–H and O–H groups in total. The summed E-state index contributed by atoms with van der Waals surface area (Å²) in [5.41, 5.74) is 7.97. The molecule has 4 nitrogen and oxygen atoms in total. The first-order valence-electron chi connectivity index (χ1n) is 7.70. The molecule has 1 saturated carbocycles. The summed E-state index contributed by atoms with van der Waals surface area (Å²) in [7, 11) is -3.51. The fourth-order valence-corrected chi connectivity index (χ4v) is 4.84. The average Bonchev–Trinajstić information content (AvgIpc) is 2.43. The van der Waals surface area contributed by atoms with Gasteiger partial charge < -0.3 is 5.73 Å². The second-order valence-corrected chi connectivity index (χ2v) is 7.95. The number of nitrogens with one attached hydrogen (secondary N) is 1. The summed E-state index contributed by atoms with van der Waals surface area (Å²) >= 11 is 0. The van der Waals surface area contributed by atoms with Crippen molar-refractivity contribution in [1.82, 2.24) is 4.72 Å². The van der Waals surface area contributed by atoms with Crippen LogP contribution in [0.15, 0.2) is 17.0 Å². The molecule has 0 saturated heterocycles. The van der Waals surface area contributed by atoms with E-state index in [-0.39, 0.29) is 6.04 Å². The van der Waals surface area contributed by atoms with Gasteiger partial charge in [0.15, 0.2) is 0 Å². The Morgan fingerprint density at radius 2 is 1.81 bits per heavy atom. The van der Waals surface area contributed by atoms with Crippen LogP contribution >= 0.6 is 0 Å². The van der Waals surface area contributed by atoms with E-state index in [0.29, 0.717) is 16.5 Å². The van der Waals surface area contributed by atoms with Gasteiger partial charge in [0.25, 0.3) is 0 Å². The van der Waals surface area contributed by atoms with Crippen LogP contribution in [-0.2, 0) is 10.0 Å². The lowest BCUT2D eigenvalue weighted by Crippen LogP contribution is -2.39. The largest absolute Gasteiger partial charge is 0.399 e. The summed E-state index contributed by atoms with van der Waals surface area (Å²) in [5, 5.41) is 0. The molecule has 2 rings (SSSR count). The predicted octanol–water partition coefficient (Wildman–Crippen LogP) is 3.13. The van der Waals surface area contributed by atoms with Gasteiger partial charge in [0.1, 0.15) is 0 Å². The zero-order valence-electron chi connectivity index (χ0n) is 13.1. The summed E-state index contributed by atoms with van der Waals surface area (Å²) in [4.78, 5) is 0.308. The van der Waals surface area contributed by atoms with Crippen molar-refractivity contribution in [2.45, 2.75) is 63.8 Å². The molecular weight excluding hydrogens is 284 g/mol. The van der Waals surface area contributed by atoms with E-state index in [2.05, 4.69) is 4.72 Å². The van der Waals surface area contributed by atoms with Crippen LogP contribution in [0.3, 0.4) is 0 Å². The molecule has 1 atom stereocenters. The molecule has 1 aromatic rings. The molecule has 0 bridgehead atoms. The van der Waals surface area contributed by atoms with Gasteiger partial charge in [-0.3, -0.25) is 0 Å². The maximum absolute atomic E-state index is 12.6. The zero-order valence-corrected chi connectivity index (χ0v) is 14.0. The third-order valence-electron chi connectivity index (χ3n) is 4.63. The molecule has 21 heavy (non-hydrogen) atoms. The van der Waals surface area contributed by atoms with Crippen LogP contribution in [0.2, 0.25) is 0 Å². The van der Waals surface area contributed by atoms with E-state index in [1.54, 1.807) is 12.1 Å². The van der Waals surface area contributed by atoms with Crippen LogP contribution in [0.25, 0.3) is 0 Å². The lowest BCUT2D eigenvalue weighted by Gasteiger charge is -2.28. The van der Waals surface area contributed by atoms with Gasteiger partial charge in [0.2, 0.25) is 10.0 Å². The molecule has 1 aliphatic rings. The Balaban J connectivity index is 2.22. The lowest BCUT2D eigenvalue weighted by atomic mass is 9.85. The van der Waals surface area contributed by atoms with Gasteiger partial charge >= 0.3 is 0 Å². The van der Waals surface area contributed by atoms with Gasteiger partial charge in [-0.25, -0.2) is 13.1 Å². The van der Waals surface area contributed by atoms with Crippen molar-refractivity contribution < 1.29 is 8.42 Å². The summed E-state index contributed by atoms with van der Waals surface area (Å²) in [5.74, 6) is 0.441. The van der Waals surface area contributed by atoms with Crippen molar-refractivity contribution in [3.8, 4) is 0 Å². The van der Waals surface area contributed by atoms with Crippen molar-refractivity contribution in [3.63, 3.8) is 0 Å². The fraction of sp³-hybridized carbons (Fsp3) is 0.625. The van der Waals surface area contributed by atoms with E-state index in [9.17, 15) is 8.42 Å². The molecule has 1 aromatic carbocycles. The first kappa shape index (κ1) is 16.3. The second-order valence-electron chi connectivity index (χ2n) is 6.27. The highest BCUT2D eigenvalue weighted by Crippen LogP contribution is 2.28. The number of anilines is 1. The standard InChI is InChI=1S/C16H26N2O2S/c1-11-9-15(17)10-16(12(11)2)21(19,20)18-13(3)14-7-5-4-6-8-14/h9-10,13-14,18H,4-8,17H2,1-3H3. The number of rotatable bonds is 4. The highest BCUT2D eigenvalue weighted by Gasteiger charge is 2.26. The van der Waals surface area contributed by atoms with Crippen molar-refractivity contribution in [2.75, 3.05) is 5.73 Å². The number of nitrogen functional groups attached to an aromatic ring is 1. The Hall–Kier alpha value is -1.07. The van der Waals surface area contributed by atoms with Gasteiger partial charge in [0.05, 0.1) is 4.90 Å². The molecule has 0 heterocycles. The SMILES string of the molecule is Cc1cc(N)cc(S(=O)(=O)NC(C)C2CCCCC2)c1C. The molecule has 0 amide bonds. The molecule has 0 aromatic heterocycles. The van der Waals surface area contributed by atoms with E-state index < -0.39 is 10.0 Å². The number of nitrogens with two attached hydrogens (primary N) is 1. The smallest absolute Gasteiger partial charge is 0.241 e. The second kappa shape index (κ2) is 6.36. The van der Waals surface area contributed by atoms with Gasteiger partial charge in [0, 0.05) is 11.7 Å². The van der Waals surface area contributed by atoms with Crippen molar-refractivity contribution in [1.29, 1.82) is 0 Å². The molecule has 5 heteroatoms. The molecular formula is C16H26N2O2S. The van der Waals surface area contributed by atoms with Crippen LogP contribution in [-0.4, -0.2) is 14.5 Å². The Morgan fingerprint density at radius 3 is 2.43 bits per heavy atom. The first-order valence-corrected chi connectivity index (χ1v) is 9.18. The van der Waals surface area contributed by atoms with E-state index in [4.69, 9.17) is 5.73 Å². The maximum atomic E-state index is 12.6. The molecule has 1 unspecified atom stereocenters. The Bertz CT molecular complexity index is 605. The Morgan fingerprint density at radius 1 is 1.19 bits per heavy atom. The topological polar surface area (TPSA) is 72.2 Å². The Labute approximate surface area is 128 Å². The number of aryl methyl sites for hydroxylation is 1. The third-order valence-corrected chi connectivity index (χ3v) is 6.31. The van der Waals surface area contributed by atoms with Crippen LogP contribution in [0.4, 0.5) is 5.69 Å². The van der Waals surface area contributed by atoms with E-state index in [1.165, 1.54) is 19.3 Å². The van der Waals surface area contributed by atoms with Gasteiger partial charge in [-0.05, 0) is 62.8 Å². The van der Waals surface area contributed by atoms with Gasteiger partial charge in [-0.1, -0.05) is 19.3 Å². The monoisotopic (exact) mass is 310 g/mol. The molecule has 1 aliphatic carbocycles. The molecule has 0 spiro atoms. The van der Waals surface area contributed by atoms with Crippen molar-refractivity contribution in [2.24, 2.45) is 5.92 Å². The van der Waals surface area contributed by atoms with Crippen molar-refractivity contribution in [3.05, 3.63) is 23.3 Å². The first-order chi connectivity index (χ1) is 9.81. The summed E-state index contributed by atoms with van der Waals surface area (Å²) in [6.45, 7) is 5.69. The van der Waals surface area contributed by atoms with Crippen LogP contribution < -0.4 is 10.5 Å². The number of sulfonamides is 1. The summed E-state index contributed by atoms with van der Waals surface area (Å²) < 4.78 is 28.1. The molecule has 0 radical (unpaired) electrons. The third kappa shape index (κ3) is 3.77. The maximum Gasteiger partial charge on any atom is 0.241 e. The normalized spacial score (nSPS) is 18.6. The fourth-order valence-electron chi connectivity index (χ4n) is 3.17. The van der Waals surface area contributed by atoms with Gasteiger partial charge in [-0.2, -0.15) is 0 Å². The highest BCUT2D eigenvalue weighted by atomic mass is 32.2. The van der Waals surface area contributed by atoms with Crippen LogP contribution in [0.5, 0.6) is 0 Å². The highest BCUT2D eigenvalue weighted by molar-refractivity contribution is 7.89. The molecule has 118 valence electrons. The van der Waals surface area contributed by atoms with Gasteiger partial charge in [-0.15, -0.1) is 0 Å². The quantitative estimate of drug-likeness (QED) is 0.839. The number of benzene rings is 1. The van der Waals surface area contributed by atoms with Crippen LogP contribution in [0, 0.1) is 19.8 Å². The minimum Gasteiger partial charge on any atom is -0.399 e. The minimum absolute atomic E-state index is 0.0311. The summed E-state index contributed by atoms with van der Waals surface area (Å²) in [6.07, 6.45) is 5.89. The van der Waals surface area contributed by atoms with Crippen molar-refractivity contribution >= 4 is 15.7 Å². The minimum atomic E-state index is -3.51. The van der Waals surface area contributed by atoms with E-state index in [1.807, 2.05) is 20.8 Å². The van der Waals surface area contributed by atoms with Crippen LogP contribution in [0.1, 0.15) is 50.2 Å². The van der Waals surface area contributed by atoms with E-state index in [0.717, 1.165) is 24.0 Å². The predicted molar refractivity (Wildman–Crippen MR) is 86.7 cm³/mol. The number of hydrogen-bond donors (Lipinski definition) is 2. The zero-order chi connectivity index (χ0) is 15.6. The Kier molecular flexibility index (Phi) is 4.94. The molecule has 0 aliphatic heterocycles. The summed E-state index contributed by atoms with van der Waals surface area (Å²) in [6, 6.07) is 3.33. The van der Waals surface area contributed by atoms with E-state index >= 15 is 0 Å².